The standard InChI is InChI=1S/C10H12N4O2S2/c11-4-3-8-1-2-10(17-8)18(15,16)14-9-7-12-5-6-13-9/h1-2,5-7H,3-4,11H2,(H,13,14). The first-order valence-corrected chi connectivity index (χ1v) is 7.49. The maximum atomic E-state index is 12.0. The Labute approximate surface area is 109 Å². The lowest BCUT2D eigenvalue weighted by atomic mass is 10.3. The van der Waals surface area contributed by atoms with Gasteiger partial charge in [0.2, 0.25) is 0 Å². The Kier molecular flexibility index (Phi) is 3.90. The van der Waals surface area contributed by atoms with Crippen LogP contribution in [0.3, 0.4) is 0 Å². The number of hydrogen-bond donors (Lipinski definition) is 2. The SMILES string of the molecule is NCCc1ccc(S(=O)(=O)Nc2cnccn2)s1. The molecular formula is C10H12N4O2S2. The maximum Gasteiger partial charge on any atom is 0.272 e. The fraction of sp³-hybridized carbons (Fsp3) is 0.200. The van der Waals surface area contributed by atoms with Gasteiger partial charge in [-0.15, -0.1) is 11.3 Å². The van der Waals surface area contributed by atoms with Crippen molar-refractivity contribution in [3.63, 3.8) is 0 Å². The molecule has 0 unspecified atom stereocenters. The van der Waals surface area contributed by atoms with Crippen molar-refractivity contribution in [2.24, 2.45) is 5.73 Å². The molecular weight excluding hydrogens is 272 g/mol. The van der Waals surface area contributed by atoms with Crippen LogP contribution in [0.4, 0.5) is 5.82 Å². The Morgan fingerprint density at radius 3 is 2.83 bits per heavy atom. The molecule has 0 atom stereocenters. The number of aromatic nitrogens is 2. The zero-order valence-corrected chi connectivity index (χ0v) is 11.0. The average Bonchev–Trinajstić information content (AvgIpc) is 2.80. The lowest BCUT2D eigenvalue weighted by molar-refractivity contribution is 0.603. The lowest BCUT2D eigenvalue weighted by Crippen LogP contribution is -2.12. The van der Waals surface area contributed by atoms with Crippen LogP contribution in [0.15, 0.2) is 34.9 Å². The fourth-order valence-electron chi connectivity index (χ4n) is 1.32. The number of thiophene rings is 1. The van der Waals surface area contributed by atoms with Crippen molar-refractivity contribution in [3.8, 4) is 0 Å². The van der Waals surface area contributed by atoms with Crippen LogP contribution in [-0.2, 0) is 16.4 Å². The highest BCUT2D eigenvalue weighted by Gasteiger charge is 2.17. The van der Waals surface area contributed by atoms with Gasteiger partial charge in [0.05, 0.1) is 6.20 Å². The number of nitrogens with two attached hydrogens (primary N) is 1. The summed E-state index contributed by atoms with van der Waals surface area (Å²) in [6.07, 6.45) is 4.92. The molecule has 0 spiro atoms. The molecule has 6 nitrogen and oxygen atoms in total. The zero-order chi connectivity index (χ0) is 13.0. The predicted molar refractivity (Wildman–Crippen MR) is 69.9 cm³/mol. The molecule has 0 fully saturated rings. The van der Waals surface area contributed by atoms with Crippen molar-refractivity contribution in [1.82, 2.24) is 9.97 Å². The Morgan fingerprint density at radius 2 is 2.17 bits per heavy atom. The largest absolute Gasteiger partial charge is 0.330 e. The van der Waals surface area contributed by atoms with E-state index in [4.69, 9.17) is 5.73 Å². The Balaban J connectivity index is 2.20. The molecule has 2 heterocycles. The maximum absolute atomic E-state index is 12.0. The number of nitrogens with one attached hydrogen (secondary N) is 1. The molecule has 0 amide bonds. The smallest absolute Gasteiger partial charge is 0.272 e. The van der Waals surface area contributed by atoms with Crippen LogP contribution in [-0.4, -0.2) is 24.9 Å². The second-order valence-electron chi connectivity index (χ2n) is 3.46. The van der Waals surface area contributed by atoms with Gasteiger partial charge in [-0.25, -0.2) is 13.4 Å². The molecule has 18 heavy (non-hydrogen) atoms. The molecule has 0 aliphatic heterocycles. The molecule has 0 aliphatic carbocycles. The summed E-state index contributed by atoms with van der Waals surface area (Å²) < 4.78 is 26.7. The molecule has 2 aromatic rings. The highest BCUT2D eigenvalue weighted by atomic mass is 32.2. The first-order chi connectivity index (χ1) is 8.62. The van der Waals surface area contributed by atoms with E-state index >= 15 is 0 Å². The highest BCUT2D eigenvalue weighted by molar-refractivity contribution is 7.94. The summed E-state index contributed by atoms with van der Waals surface area (Å²) in [4.78, 5) is 8.60. The van der Waals surface area contributed by atoms with E-state index in [1.54, 1.807) is 12.1 Å². The van der Waals surface area contributed by atoms with Crippen molar-refractivity contribution >= 4 is 27.2 Å². The summed E-state index contributed by atoms with van der Waals surface area (Å²) in [5, 5.41) is 0. The molecule has 0 radical (unpaired) electrons. The quantitative estimate of drug-likeness (QED) is 0.848. The molecule has 8 heteroatoms. The van der Waals surface area contributed by atoms with Gasteiger partial charge in [0.1, 0.15) is 4.21 Å². The summed E-state index contributed by atoms with van der Waals surface area (Å²) in [6.45, 7) is 0.498. The van der Waals surface area contributed by atoms with Crippen LogP contribution < -0.4 is 10.5 Å². The molecule has 0 bridgehead atoms. The molecule has 3 N–H and O–H groups in total. The van der Waals surface area contributed by atoms with E-state index in [0.29, 0.717) is 13.0 Å². The summed E-state index contributed by atoms with van der Waals surface area (Å²) in [6, 6.07) is 3.33. The van der Waals surface area contributed by atoms with E-state index in [0.717, 1.165) is 4.88 Å². The molecule has 0 aliphatic rings. The average molecular weight is 284 g/mol. The third-order valence-electron chi connectivity index (χ3n) is 2.09. The second kappa shape index (κ2) is 5.42. The minimum absolute atomic E-state index is 0.200. The van der Waals surface area contributed by atoms with Gasteiger partial charge in [-0.05, 0) is 25.1 Å². The number of sulfonamides is 1. The van der Waals surface area contributed by atoms with Crippen LogP contribution in [0.5, 0.6) is 0 Å². The van der Waals surface area contributed by atoms with Gasteiger partial charge in [0.25, 0.3) is 10.0 Å². The highest BCUT2D eigenvalue weighted by Crippen LogP contribution is 2.23. The predicted octanol–water partition coefficient (Wildman–Crippen LogP) is 0.840. The van der Waals surface area contributed by atoms with Gasteiger partial charge < -0.3 is 5.73 Å². The summed E-state index contributed by atoms with van der Waals surface area (Å²) in [5.41, 5.74) is 5.43. The monoisotopic (exact) mass is 284 g/mol. The van der Waals surface area contributed by atoms with E-state index in [9.17, 15) is 8.42 Å². The first kappa shape index (κ1) is 12.9. The number of anilines is 1. The summed E-state index contributed by atoms with van der Waals surface area (Å²) >= 11 is 1.20. The third-order valence-corrected chi connectivity index (χ3v) is 5.09. The van der Waals surface area contributed by atoms with Crippen molar-refractivity contribution in [1.29, 1.82) is 0 Å². The molecule has 96 valence electrons. The first-order valence-electron chi connectivity index (χ1n) is 5.19. The van der Waals surface area contributed by atoms with Crippen molar-refractivity contribution in [3.05, 3.63) is 35.6 Å². The molecule has 0 aromatic carbocycles. The van der Waals surface area contributed by atoms with Crippen LogP contribution in [0.2, 0.25) is 0 Å². The Bertz CT molecular complexity index is 610. The third kappa shape index (κ3) is 3.03. The van der Waals surface area contributed by atoms with Crippen molar-refractivity contribution in [2.75, 3.05) is 11.3 Å². The summed E-state index contributed by atoms with van der Waals surface area (Å²) in [5.74, 6) is 0.200. The topological polar surface area (TPSA) is 98.0 Å². The number of hydrogen-bond acceptors (Lipinski definition) is 6. The van der Waals surface area contributed by atoms with E-state index in [1.807, 2.05) is 0 Å². The zero-order valence-electron chi connectivity index (χ0n) is 9.41. The molecule has 0 saturated heterocycles. The van der Waals surface area contributed by atoms with E-state index in [-0.39, 0.29) is 10.0 Å². The molecule has 0 saturated carbocycles. The van der Waals surface area contributed by atoms with Gasteiger partial charge in [-0.3, -0.25) is 9.71 Å². The Hall–Kier alpha value is -1.51. The molecule has 2 aromatic heterocycles. The number of nitrogens with zero attached hydrogens (tertiary/aromatic N) is 2. The second-order valence-corrected chi connectivity index (χ2v) is 6.53. The van der Waals surface area contributed by atoms with Gasteiger partial charge in [-0.1, -0.05) is 0 Å². The summed E-state index contributed by atoms with van der Waals surface area (Å²) in [7, 11) is -3.59. The van der Waals surface area contributed by atoms with Crippen LogP contribution in [0.1, 0.15) is 4.88 Å². The minimum atomic E-state index is -3.59. The van der Waals surface area contributed by atoms with Gasteiger partial charge in [0.15, 0.2) is 5.82 Å². The lowest BCUT2D eigenvalue weighted by Gasteiger charge is -2.03. The van der Waals surface area contributed by atoms with E-state index in [2.05, 4.69) is 14.7 Å². The van der Waals surface area contributed by atoms with Gasteiger partial charge in [0, 0.05) is 17.3 Å². The van der Waals surface area contributed by atoms with Crippen molar-refractivity contribution in [2.45, 2.75) is 10.6 Å². The fourth-order valence-corrected chi connectivity index (χ4v) is 3.68. The minimum Gasteiger partial charge on any atom is -0.330 e. The molecule has 2 rings (SSSR count). The van der Waals surface area contributed by atoms with Gasteiger partial charge >= 0.3 is 0 Å². The van der Waals surface area contributed by atoms with E-state index < -0.39 is 10.0 Å². The normalized spacial score (nSPS) is 11.4. The van der Waals surface area contributed by atoms with Gasteiger partial charge in [-0.2, -0.15) is 0 Å². The van der Waals surface area contributed by atoms with Crippen LogP contribution in [0, 0.1) is 0 Å². The van der Waals surface area contributed by atoms with Crippen molar-refractivity contribution < 1.29 is 8.42 Å². The van der Waals surface area contributed by atoms with Crippen LogP contribution in [0.25, 0.3) is 0 Å². The number of rotatable bonds is 5. The van der Waals surface area contributed by atoms with Crippen LogP contribution >= 0.6 is 11.3 Å². The van der Waals surface area contributed by atoms with E-state index in [1.165, 1.54) is 29.9 Å². The Morgan fingerprint density at radius 1 is 1.33 bits per heavy atom.